The summed E-state index contributed by atoms with van der Waals surface area (Å²) in [6.07, 6.45) is 3.30. The van der Waals surface area contributed by atoms with Crippen LogP contribution in [0.25, 0.3) is 0 Å². The first kappa shape index (κ1) is 15.9. The Morgan fingerprint density at radius 1 is 1.46 bits per heavy atom. The van der Waals surface area contributed by atoms with Crippen LogP contribution in [0.2, 0.25) is 0 Å². The minimum absolute atomic E-state index is 0. The van der Waals surface area contributed by atoms with E-state index in [4.69, 9.17) is 0 Å². The normalized spacial score (nSPS) is 14.4. The molecule has 0 aliphatic carbocycles. The molecule has 0 spiro atoms. The fraction of sp³-hybridized carbons (Fsp3) is 0.889. The number of carbonyl (C=O) groups is 1. The van der Waals surface area contributed by atoms with Crippen LogP contribution in [0.15, 0.2) is 0 Å². The number of carbonyl (C=O) groups excluding carboxylic acids is 1. The van der Waals surface area contributed by atoms with Gasteiger partial charge in [-0.15, -0.1) is 0 Å². The van der Waals surface area contributed by atoms with Crippen LogP contribution in [-0.4, -0.2) is 18.1 Å². The zero-order valence-corrected chi connectivity index (χ0v) is 11.1. The summed E-state index contributed by atoms with van der Waals surface area (Å²) in [6, 6.07) is -0.283. The average Bonchev–Trinajstić information content (AvgIpc) is 2.00. The Morgan fingerprint density at radius 2 is 2.00 bits per heavy atom. The van der Waals surface area contributed by atoms with E-state index in [9.17, 15) is 9.90 Å². The number of unbranched alkanes of at least 4 members (excludes halogenated alkanes) is 1. The van der Waals surface area contributed by atoms with Gasteiger partial charge in [0.05, 0.1) is 5.97 Å². The van der Waals surface area contributed by atoms with Crippen molar-refractivity contribution < 1.29 is 39.5 Å². The van der Waals surface area contributed by atoms with Crippen LogP contribution in [0, 0.1) is 0 Å². The predicted octanol–water partition coefficient (Wildman–Crippen LogP) is -2.70. The fourth-order valence-corrected chi connectivity index (χ4v) is 1.09. The second-order valence-electron chi connectivity index (χ2n) is 3.25. The zero-order chi connectivity index (χ0) is 9.56. The Morgan fingerprint density at radius 3 is 2.38 bits per heavy atom. The van der Waals surface area contributed by atoms with Gasteiger partial charge in [0.1, 0.15) is 0 Å². The van der Waals surface area contributed by atoms with Crippen molar-refractivity contribution in [2.75, 3.05) is 0 Å². The van der Waals surface area contributed by atoms with Crippen LogP contribution < -0.4 is 40.0 Å². The van der Waals surface area contributed by atoms with Crippen molar-refractivity contribution in [3.05, 3.63) is 0 Å². The Balaban J connectivity index is 0. The second kappa shape index (κ2) is 9.00. The molecule has 0 aromatic heterocycles. The summed E-state index contributed by atoms with van der Waals surface area (Å²) >= 11 is 0. The Bertz CT molecular complexity index is 142. The van der Waals surface area contributed by atoms with E-state index in [1.165, 1.54) is 0 Å². The number of nitrogens with one attached hydrogen (secondary N) is 1. The van der Waals surface area contributed by atoms with Gasteiger partial charge in [-0.25, -0.2) is 0 Å². The first-order valence-corrected chi connectivity index (χ1v) is 4.54. The van der Waals surface area contributed by atoms with Crippen molar-refractivity contribution in [2.45, 2.75) is 52.1 Å². The second-order valence-corrected chi connectivity index (χ2v) is 3.25. The van der Waals surface area contributed by atoms with E-state index >= 15 is 0 Å². The molecule has 0 saturated carbocycles. The topological polar surface area (TPSA) is 52.2 Å². The third kappa shape index (κ3) is 8.75. The summed E-state index contributed by atoms with van der Waals surface area (Å²) in [4.78, 5) is 10.3. The van der Waals surface area contributed by atoms with Crippen molar-refractivity contribution in [1.82, 2.24) is 5.32 Å². The monoisotopic (exact) mass is 195 g/mol. The van der Waals surface area contributed by atoms with Gasteiger partial charge in [0.15, 0.2) is 0 Å². The van der Waals surface area contributed by atoms with Gasteiger partial charge < -0.3 is 15.2 Å². The Labute approximate surface area is 103 Å². The number of hydrogen-bond donors (Lipinski definition) is 1. The molecule has 0 saturated heterocycles. The molecule has 72 valence electrons. The van der Waals surface area contributed by atoms with Gasteiger partial charge in [0.2, 0.25) is 0 Å². The van der Waals surface area contributed by atoms with Crippen LogP contribution in [0.5, 0.6) is 0 Å². The van der Waals surface area contributed by atoms with E-state index < -0.39 is 12.0 Å². The number of aliphatic carboxylic acids is 1. The van der Waals surface area contributed by atoms with E-state index in [0.717, 1.165) is 19.3 Å². The molecule has 1 N–H and O–H groups in total. The molecule has 3 nitrogen and oxygen atoms in total. The van der Waals surface area contributed by atoms with Gasteiger partial charge in [-0.05, 0) is 20.3 Å². The summed E-state index contributed by atoms with van der Waals surface area (Å²) in [5.41, 5.74) is 0. The van der Waals surface area contributed by atoms with Crippen LogP contribution >= 0.6 is 0 Å². The maximum atomic E-state index is 10.3. The van der Waals surface area contributed by atoms with Crippen LogP contribution in [0.1, 0.15) is 40.0 Å². The molecule has 2 atom stereocenters. The molecular formula is C9H18NNaO2. The van der Waals surface area contributed by atoms with E-state index in [-0.39, 0.29) is 35.6 Å². The number of hydrogen-bond acceptors (Lipinski definition) is 3. The summed E-state index contributed by atoms with van der Waals surface area (Å²) in [5.74, 6) is -1.03. The van der Waals surface area contributed by atoms with Gasteiger partial charge in [0, 0.05) is 12.1 Å². The van der Waals surface area contributed by atoms with Gasteiger partial charge in [0.25, 0.3) is 0 Å². The number of carboxylic acid groups (broad SMARTS) is 1. The Hall–Kier alpha value is 0.430. The quantitative estimate of drug-likeness (QED) is 0.469. The van der Waals surface area contributed by atoms with Crippen molar-refractivity contribution >= 4 is 5.97 Å². The van der Waals surface area contributed by atoms with Gasteiger partial charge in [-0.1, -0.05) is 19.8 Å². The average molecular weight is 195 g/mol. The van der Waals surface area contributed by atoms with Gasteiger partial charge in [-0.3, -0.25) is 0 Å². The predicted molar refractivity (Wildman–Crippen MR) is 46.6 cm³/mol. The molecule has 13 heavy (non-hydrogen) atoms. The summed E-state index contributed by atoms with van der Waals surface area (Å²) in [7, 11) is 0. The zero-order valence-electron chi connectivity index (χ0n) is 9.09. The SMILES string of the molecule is CCCCC(C)NC(C)C(=O)[O-].[Na+]. The molecular weight excluding hydrogens is 177 g/mol. The molecule has 4 heteroatoms. The molecule has 0 aliphatic rings. The summed E-state index contributed by atoms with van der Waals surface area (Å²) in [6.45, 7) is 5.72. The molecule has 0 bridgehead atoms. The summed E-state index contributed by atoms with van der Waals surface area (Å²) < 4.78 is 0. The fourth-order valence-electron chi connectivity index (χ4n) is 1.09. The van der Waals surface area contributed by atoms with Crippen LogP contribution in [-0.2, 0) is 4.79 Å². The molecule has 0 aromatic rings. The van der Waals surface area contributed by atoms with E-state index in [1.54, 1.807) is 6.92 Å². The third-order valence-electron chi connectivity index (χ3n) is 1.88. The van der Waals surface area contributed by atoms with Gasteiger partial charge in [-0.2, -0.15) is 0 Å². The van der Waals surface area contributed by atoms with Crippen molar-refractivity contribution in [1.29, 1.82) is 0 Å². The summed E-state index contributed by atoms with van der Waals surface area (Å²) in [5, 5.41) is 13.3. The van der Waals surface area contributed by atoms with Gasteiger partial charge >= 0.3 is 29.6 Å². The smallest absolute Gasteiger partial charge is 0.548 e. The van der Waals surface area contributed by atoms with Crippen LogP contribution in [0.3, 0.4) is 0 Å². The molecule has 0 amide bonds. The molecule has 0 fully saturated rings. The molecule has 0 radical (unpaired) electrons. The van der Waals surface area contributed by atoms with Crippen molar-refractivity contribution in [3.63, 3.8) is 0 Å². The van der Waals surface area contributed by atoms with Crippen LogP contribution in [0.4, 0.5) is 0 Å². The van der Waals surface area contributed by atoms with E-state index in [0.29, 0.717) is 0 Å². The molecule has 0 aliphatic heterocycles. The standard InChI is InChI=1S/C9H19NO2.Na/c1-4-5-6-7(2)10-8(3)9(11)12;/h7-8,10H,4-6H2,1-3H3,(H,11,12);/q;+1/p-1. The third-order valence-corrected chi connectivity index (χ3v) is 1.88. The first-order chi connectivity index (χ1) is 5.57. The molecule has 0 aromatic carbocycles. The van der Waals surface area contributed by atoms with Crippen molar-refractivity contribution in [3.8, 4) is 0 Å². The number of carboxylic acids is 1. The molecule has 0 heterocycles. The maximum absolute atomic E-state index is 10.3. The number of rotatable bonds is 6. The molecule has 2 unspecified atom stereocenters. The minimum Gasteiger partial charge on any atom is -0.548 e. The van der Waals surface area contributed by atoms with Crippen molar-refractivity contribution in [2.24, 2.45) is 0 Å². The maximum Gasteiger partial charge on any atom is 1.00 e. The Kier molecular flexibility index (Phi) is 11.0. The largest absolute Gasteiger partial charge is 1.00 e. The molecule has 0 rings (SSSR count). The van der Waals surface area contributed by atoms with E-state index in [1.807, 2.05) is 6.92 Å². The van der Waals surface area contributed by atoms with E-state index in [2.05, 4.69) is 12.2 Å². The first-order valence-electron chi connectivity index (χ1n) is 4.54. The minimum atomic E-state index is -1.03.